The molecule has 0 amide bonds. The van der Waals surface area contributed by atoms with Gasteiger partial charge in [0.25, 0.3) is 0 Å². The fraction of sp³-hybridized carbons (Fsp3) is 0.625. The standard InChI is InChI=1S/C16H25NO/c1-12-5-3-8-16(9-12)17-13(2)15-7-4-6-14(10-15)11-18/h4,6-7,10,12-13,16-18H,3,5,8-9,11H2,1-2H3. The second kappa shape index (κ2) is 6.35. The van der Waals surface area contributed by atoms with Crippen LogP contribution in [0.15, 0.2) is 24.3 Å². The summed E-state index contributed by atoms with van der Waals surface area (Å²) >= 11 is 0. The number of hydrogen-bond donors (Lipinski definition) is 2. The minimum atomic E-state index is 0.126. The van der Waals surface area contributed by atoms with Gasteiger partial charge in [-0.3, -0.25) is 0 Å². The van der Waals surface area contributed by atoms with Gasteiger partial charge in [0.2, 0.25) is 0 Å². The molecule has 1 saturated carbocycles. The zero-order valence-corrected chi connectivity index (χ0v) is 11.5. The predicted octanol–water partition coefficient (Wildman–Crippen LogP) is 3.41. The summed E-state index contributed by atoms with van der Waals surface area (Å²) in [7, 11) is 0. The highest BCUT2D eigenvalue weighted by Crippen LogP contribution is 2.26. The highest BCUT2D eigenvalue weighted by atomic mass is 16.3. The quantitative estimate of drug-likeness (QED) is 0.854. The highest BCUT2D eigenvalue weighted by Gasteiger charge is 2.20. The maximum absolute atomic E-state index is 9.18. The monoisotopic (exact) mass is 247 g/mol. The topological polar surface area (TPSA) is 32.3 Å². The molecule has 2 rings (SSSR count). The molecular weight excluding hydrogens is 222 g/mol. The molecule has 1 aliphatic rings. The summed E-state index contributed by atoms with van der Waals surface area (Å²) in [5, 5.41) is 12.9. The van der Waals surface area contributed by atoms with Crippen molar-refractivity contribution in [3.8, 4) is 0 Å². The van der Waals surface area contributed by atoms with Crippen molar-refractivity contribution < 1.29 is 5.11 Å². The molecule has 0 saturated heterocycles. The number of benzene rings is 1. The Balaban J connectivity index is 1.95. The van der Waals surface area contributed by atoms with Crippen molar-refractivity contribution >= 4 is 0 Å². The molecule has 3 unspecified atom stereocenters. The van der Waals surface area contributed by atoms with E-state index in [1.165, 1.54) is 31.2 Å². The van der Waals surface area contributed by atoms with Crippen LogP contribution in [0.3, 0.4) is 0 Å². The van der Waals surface area contributed by atoms with E-state index in [1.54, 1.807) is 0 Å². The molecule has 2 nitrogen and oxygen atoms in total. The van der Waals surface area contributed by atoms with Crippen molar-refractivity contribution in [1.82, 2.24) is 5.32 Å². The first-order valence-electron chi connectivity index (χ1n) is 7.14. The molecule has 0 heterocycles. The molecule has 2 N–H and O–H groups in total. The third-order valence-electron chi connectivity index (χ3n) is 4.06. The lowest BCUT2D eigenvalue weighted by Gasteiger charge is -2.30. The lowest BCUT2D eigenvalue weighted by molar-refractivity contribution is 0.280. The lowest BCUT2D eigenvalue weighted by atomic mass is 9.86. The van der Waals surface area contributed by atoms with Crippen molar-refractivity contribution in [2.75, 3.05) is 0 Å². The molecule has 100 valence electrons. The minimum Gasteiger partial charge on any atom is -0.392 e. The van der Waals surface area contributed by atoms with Crippen LogP contribution in [0.4, 0.5) is 0 Å². The van der Waals surface area contributed by atoms with E-state index in [0.29, 0.717) is 12.1 Å². The van der Waals surface area contributed by atoms with Crippen LogP contribution in [-0.4, -0.2) is 11.1 Å². The van der Waals surface area contributed by atoms with E-state index in [0.717, 1.165) is 11.5 Å². The Morgan fingerprint density at radius 3 is 2.94 bits per heavy atom. The first kappa shape index (κ1) is 13.6. The molecule has 0 aromatic heterocycles. The largest absolute Gasteiger partial charge is 0.392 e. The van der Waals surface area contributed by atoms with Crippen molar-refractivity contribution in [1.29, 1.82) is 0 Å². The van der Waals surface area contributed by atoms with Crippen LogP contribution in [0, 0.1) is 5.92 Å². The van der Waals surface area contributed by atoms with Crippen LogP contribution < -0.4 is 5.32 Å². The van der Waals surface area contributed by atoms with Gasteiger partial charge < -0.3 is 10.4 Å². The summed E-state index contributed by atoms with van der Waals surface area (Å²) < 4.78 is 0. The van der Waals surface area contributed by atoms with Crippen LogP contribution in [0.2, 0.25) is 0 Å². The lowest BCUT2D eigenvalue weighted by Crippen LogP contribution is -2.35. The van der Waals surface area contributed by atoms with E-state index in [1.807, 2.05) is 12.1 Å². The van der Waals surface area contributed by atoms with E-state index >= 15 is 0 Å². The smallest absolute Gasteiger partial charge is 0.0681 e. The number of aliphatic hydroxyl groups excluding tert-OH is 1. The maximum Gasteiger partial charge on any atom is 0.0681 e. The van der Waals surface area contributed by atoms with Crippen LogP contribution in [-0.2, 0) is 6.61 Å². The normalized spacial score (nSPS) is 25.9. The Kier molecular flexibility index (Phi) is 4.79. The predicted molar refractivity (Wildman–Crippen MR) is 75.3 cm³/mol. The molecule has 0 aliphatic heterocycles. The molecule has 0 spiro atoms. The molecule has 1 fully saturated rings. The van der Waals surface area contributed by atoms with E-state index in [9.17, 15) is 5.11 Å². The van der Waals surface area contributed by atoms with Crippen molar-refractivity contribution in [3.05, 3.63) is 35.4 Å². The summed E-state index contributed by atoms with van der Waals surface area (Å²) in [5.74, 6) is 0.854. The van der Waals surface area contributed by atoms with E-state index in [-0.39, 0.29) is 6.61 Å². The van der Waals surface area contributed by atoms with Gasteiger partial charge in [-0.05, 0) is 36.8 Å². The fourth-order valence-electron chi connectivity index (χ4n) is 3.00. The Morgan fingerprint density at radius 2 is 2.22 bits per heavy atom. The Labute approximate surface area is 110 Å². The average Bonchev–Trinajstić information content (AvgIpc) is 2.39. The number of rotatable bonds is 4. The van der Waals surface area contributed by atoms with Gasteiger partial charge in [-0.15, -0.1) is 0 Å². The number of nitrogens with one attached hydrogen (secondary N) is 1. The van der Waals surface area contributed by atoms with Gasteiger partial charge in [0.1, 0.15) is 0 Å². The Morgan fingerprint density at radius 1 is 1.39 bits per heavy atom. The van der Waals surface area contributed by atoms with Crippen LogP contribution >= 0.6 is 0 Å². The molecule has 0 bridgehead atoms. The second-order valence-electron chi connectivity index (χ2n) is 5.76. The molecule has 0 radical (unpaired) electrons. The summed E-state index contributed by atoms with van der Waals surface area (Å²) in [6, 6.07) is 9.27. The van der Waals surface area contributed by atoms with Crippen molar-refractivity contribution in [2.45, 2.75) is 58.2 Å². The zero-order valence-electron chi connectivity index (χ0n) is 11.5. The first-order chi connectivity index (χ1) is 8.69. The van der Waals surface area contributed by atoms with Crippen molar-refractivity contribution in [3.63, 3.8) is 0 Å². The molecule has 1 aliphatic carbocycles. The number of hydrogen-bond acceptors (Lipinski definition) is 2. The van der Waals surface area contributed by atoms with Gasteiger partial charge in [-0.1, -0.05) is 44.0 Å². The van der Waals surface area contributed by atoms with E-state index in [2.05, 4.69) is 31.3 Å². The maximum atomic E-state index is 9.18. The molecule has 3 atom stereocenters. The SMILES string of the molecule is CC1CCCC(NC(C)c2cccc(CO)c2)C1. The summed E-state index contributed by atoms with van der Waals surface area (Å²) in [6.07, 6.45) is 5.33. The molecule has 1 aromatic carbocycles. The third kappa shape index (κ3) is 3.56. The Hall–Kier alpha value is -0.860. The van der Waals surface area contributed by atoms with Crippen LogP contribution in [0.5, 0.6) is 0 Å². The summed E-state index contributed by atoms with van der Waals surface area (Å²) in [5.41, 5.74) is 2.28. The molecule has 18 heavy (non-hydrogen) atoms. The van der Waals surface area contributed by atoms with Gasteiger partial charge in [-0.2, -0.15) is 0 Å². The third-order valence-corrected chi connectivity index (χ3v) is 4.06. The number of aliphatic hydroxyl groups is 1. The van der Waals surface area contributed by atoms with Crippen LogP contribution in [0.25, 0.3) is 0 Å². The van der Waals surface area contributed by atoms with Gasteiger partial charge in [-0.25, -0.2) is 0 Å². The van der Waals surface area contributed by atoms with Gasteiger partial charge in [0.05, 0.1) is 6.61 Å². The summed E-state index contributed by atoms with van der Waals surface area (Å²) in [6.45, 7) is 4.70. The van der Waals surface area contributed by atoms with Gasteiger partial charge in [0, 0.05) is 12.1 Å². The molecule has 2 heteroatoms. The highest BCUT2D eigenvalue weighted by molar-refractivity contribution is 5.25. The molecular formula is C16H25NO. The average molecular weight is 247 g/mol. The Bertz CT molecular complexity index is 377. The van der Waals surface area contributed by atoms with Crippen LogP contribution in [0.1, 0.15) is 56.7 Å². The van der Waals surface area contributed by atoms with Gasteiger partial charge >= 0.3 is 0 Å². The molecule has 1 aromatic rings. The zero-order chi connectivity index (χ0) is 13.0. The second-order valence-corrected chi connectivity index (χ2v) is 5.76. The summed E-state index contributed by atoms with van der Waals surface area (Å²) in [4.78, 5) is 0. The van der Waals surface area contributed by atoms with Gasteiger partial charge in [0.15, 0.2) is 0 Å². The van der Waals surface area contributed by atoms with E-state index in [4.69, 9.17) is 0 Å². The van der Waals surface area contributed by atoms with E-state index < -0.39 is 0 Å². The van der Waals surface area contributed by atoms with Crippen molar-refractivity contribution in [2.24, 2.45) is 5.92 Å². The minimum absolute atomic E-state index is 0.126. The first-order valence-corrected chi connectivity index (χ1v) is 7.14. The fourth-order valence-corrected chi connectivity index (χ4v) is 3.00.